The summed E-state index contributed by atoms with van der Waals surface area (Å²) in [5.41, 5.74) is 2.70. The molecule has 0 saturated carbocycles. The monoisotopic (exact) mass is 293 g/mol. The summed E-state index contributed by atoms with van der Waals surface area (Å²) in [6.45, 7) is 4.32. The number of halogens is 1. The zero-order valence-corrected chi connectivity index (χ0v) is 12.8. The van der Waals surface area contributed by atoms with Gasteiger partial charge < -0.3 is 0 Å². The summed E-state index contributed by atoms with van der Waals surface area (Å²) in [5, 5.41) is 9.12. The van der Waals surface area contributed by atoms with E-state index in [4.69, 9.17) is 5.26 Å². The molecule has 0 unspecified atom stereocenters. The molecule has 3 rings (SSSR count). The van der Waals surface area contributed by atoms with Crippen molar-refractivity contribution in [1.82, 2.24) is 0 Å². The maximum atomic E-state index is 14.0. The Morgan fingerprint density at radius 2 is 2.00 bits per heavy atom. The van der Waals surface area contributed by atoms with E-state index in [-0.39, 0.29) is 11.1 Å². The molecule has 0 saturated heterocycles. The summed E-state index contributed by atoms with van der Waals surface area (Å²) in [4.78, 5) is 0. The molecule has 22 heavy (non-hydrogen) atoms. The van der Waals surface area contributed by atoms with Gasteiger partial charge in [0.05, 0.1) is 11.1 Å². The molecule has 0 spiro atoms. The third kappa shape index (κ3) is 2.03. The van der Waals surface area contributed by atoms with Gasteiger partial charge in [0.1, 0.15) is 11.9 Å². The lowest BCUT2D eigenvalue weighted by molar-refractivity contribution is -0.743. The SMILES string of the molecule is CCC1(CC)C=Cc2cc(F)c(C#N)cc2-c2cccc[n+]21. The molecular formula is C19H18FN2+. The van der Waals surface area contributed by atoms with Crippen LogP contribution in [0.3, 0.4) is 0 Å². The van der Waals surface area contributed by atoms with Crippen molar-refractivity contribution in [2.45, 2.75) is 32.2 Å². The highest BCUT2D eigenvalue weighted by atomic mass is 19.1. The highest BCUT2D eigenvalue weighted by Gasteiger charge is 2.38. The van der Waals surface area contributed by atoms with Crippen LogP contribution in [0.5, 0.6) is 0 Å². The van der Waals surface area contributed by atoms with E-state index in [1.807, 2.05) is 30.3 Å². The van der Waals surface area contributed by atoms with Gasteiger partial charge in [-0.15, -0.1) is 0 Å². The van der Waals surface area contributed by atoms with E-state index in [9.17, 15) is 4.39 Å². The molecule has 1 aliphatic heterocycles. The number of benzene rings is 1. The lowest BCUT2D eigenvalue weighted by atomic mass is 9.91. The van der Waals surface area contributed by atoms with Crippen molar-refractivity contribution in [3.63, 3.8) is 0 Å². The van der Waals surface area contributed by atoms with Crippen molar-refractivity contribution in [2.24, 2.45) is 0 Å². The molecule has 2 heterocycles. The molecule has 2 nitrogen and oxygen atoms in total. The van der Waals surface area contributed by atoms with E-state index < -0.39 is 5.82 Å². The summed E-state index contributed by atoms with van der Waals surface area (Å²) >= 11 is 0. The second kappa shape index (κ2) is 5.38. The van der Waals surface area contributed by atoms with Gasteiger partial charge in [-0.2, -0.15) is 9.83 Å². The molecule has 0 fully saturated rings. The second-order valence-corrected chi connectivity index (χ2v) is 5.63. The van der Waals surface area contributed by atoms with Crippen LogP contribution in [0.25, 0.3) is 17.3 Å². The molecular weight excluding hydrogens is 275 g/mol. The number of aromatic nitrogens is 1. The van der Waals surface area contributed by atoms with Crippen LogP contribution in [0.4, 0.5) is 4.39 Å². The van der Waals surface area contributed by atoms with Gasteiger partial charge in [0.2, 0.25) is 5.69 Å². The Morgan fingerprint density at radius 3 is 2.68 bits per heavy atom. The summed E-state index contributed by atoms with van der Waals surface area (Å²) < 4.78 is 16.2. The molecule has 0 radical (unpaired) electrons. The van der Waals surface area contributed by atoms with E-state index in [0.29, 0.717) is 0 Å². The number of nitrogens with zero attached hydrogens (tertiary/aromatic N) is 2. The van der Waals surface area contributed by atoms with E-state index in [0.717, 1.165) is 29.7 Å². The fraction of sp³-hybridized carbons (Fsp3) is 0.263. The summed E-state index contributed by atoms with van der Waals surface area (Å²) in [6.07, 6.45) is 8.11. The Labute approximate surface area is 130 Å². The van der Waals surface area contributed by atoms with E-state index in [1.165, 1.54) is 6.07 Å². The van der Waals surface area contributed by atoms with Gasteiger partial charge in [0.25, 0.3) is 0 Å². The van der Waals surface area contributed by atoms with Gasteiger partial charge in [-0.3, -0.25) is 0 Å². The largest absolute Gasteiger partial charge is 0.213 e. The molecule has 1 aromatic carbocycles. The van der Waals surface area contributed by atoms with Crippen molar-refractivity contribution in [2.75, 3.05) is 0 Å². The van der Waals surface area contributed by atoms with Crippen molar-refractivity contribution in [3.8, 4) is 17.3 Å². The van der Waals surface area contributed by atoms with Crippen molar-refractivity contribution in [3.05, 3.63) is 59.5 Å². The highest BCUT2D eigenvalue weighted by molar-refractivity contribution is 5.74. The smallest absolute Gasteiger partial charge is 0.206 e. The van der Waals surface area contributed by atoms with Crippen LogP contribution in [0.1, 0.15) is 37.8 Å². The first-order valence-corrected chi connectivity index (χ1v) is 7.59. The molecule has 1 aliphatic rings. The predicted octanol–water partition coefficient (Wildman–Crippen LogP) is 4.19. The number of hydrogen-bond donors (Lipinski definition) is 0. The summed E-state index contributed by atoms with van der Waals surface area (Å²) in [5.74, 6) is -0.464. The lowest BCUT2D eigenvalue weighted by Gasteiger charge is -2.23. The molecule has 3 heteroatoms. The Kier molecular flexibility index (Phi) is 3.54. The number of allylic oxidation sites excluding steroid dienone is 1. The van der Waals surface area contributed by atoms with Gasteiger partial charge in [-0.05, 0) is 29.8 Å². The number of nitriles is 1. The molecule has 0 N–H and O–H groups in total. The third-order valence-electron chi connectivity index (χ3n) is 4.67. The summed E-state index contributed by atoms with van der Waals surface area (Å²) in [6, 6.07) is 11.1. The third-order valence-corrected chi connectivity index (χ3v) is 4.67. The molecule has 0 bridgehead atoms. The maximum absolute atomic E-state index is 14.0. The Morgan fingerprint density at radius 1 is 1.23 bits per heavy atom. The standard InChI is InChI=1S/C19H18FN2/c1-3-19(4-2)9-8-14-12-17(20)15(13-21)11-16(14)18-7-5-6-10-22(18)19/h5-12H,3-4H2,1-2H3/q+1. The Hall–Kier alpha value is -2.47. The number of rotatable bonds is 2. The minimum absolute atomic E-state index is 0.0862. The predicted molar refractivity (Wildman–Crippen MR) is 84.3 cm³/mol. The van der Waals surface area contributed by atoms with Crippen molar-refractivity contribution < 1.29 is 8.96 Å². The van der Waals surface area contributed by atoms with E-state index in [2.05, 4.69) is 30.7 Å². The normalized spacial score (nSPS) is 14.6. The second-order valence-electron chi connectivity index (χ2n) is 5.63. The molecule has 0 amide bonds. The van der Waals surface area contributed by atoms with Gasteiger partial charge in [0, 0.05) is 25.0 Å². The molecule has 0 atom stereocenters. The van der Waals surface area contributed by atoms with Gasteiger partial charge in [-0.1, -0.05) is 19.9 Å². The number of pyridine rings is 1. The zero-order chi connectivity index (χ0) is 15.7. The quantitative estimate of drug-likeness (QED) is 0.763. The van der Waals surface area contributed by atoms with Crippen LogP contribution in [0.2, 0.25) is 0 Å². The van der Waals surface area contributed by atoms with Gasteiger partial charge >= 0.3 is 0 Å². The van der Waals surface area contributed by atoms with Crippen molar-refractivity contribution >= 4 is 6.08 Å². The highest BCUT2D eigenvalue weighted by Crippen LogP contribution is 2.33. The first kappa shape index (κ1) is 14.5. The Balaban J connectivity index is 2.37. The van der Waals surface area contributed by atoms with Gasteiger partial charge in [0.15, 0.2) is 11.7 Å². The zero-order valence-electron chi connectivity index (χ0n) is 12.8. The van der Waals surface area contributed by atoms with Gasteiger partial charge in [-0.25, -0.2) is 4.39 Å². The fourth-order valence-electron chi connectivity index (χ4n) is 3.24. The molecule has 1 aromatic heterocycles. The van der Waals surface area contributed by atoms with E-state index >= 15 is 0 Å². The van der Waals surface area contributed by atoms with Crippen LogP contribution in [0.15, 0.2) is 42.6 Å². The molecule has 0 aliphatic carbocycles. The van der Waals surface area contributed by atoms with Crippen molar-refractivity contribution in [1.29, 1.82) is 5.26 Å². The first-order valence-electron chi connectivity index (χ1n) is 7.59. The average molecular weight is 293 g/mol. The van der Waals surface area contributed by atoms with Crippen LogP contribution in [0, 0.1) is 17.1 Å². The average Bonchev–Trinajstić information content (AvgIpc) is 2.69. The van der Waals surface area contributed by atoms with Crippen LogP contribution in [-0.4, -0.2) is 0 Å². The minimum atomic E-state index is -0.464. The maximum Gasteiger partial charge on any atom is 0.213 e. The van der Waals surface area contributed by atoms with Crippen LogP contribution in [-0.2, 0) is 5.54 Å². The van der Waals surface area contributed by atoms with E-state index in [1.54, 1.807) is 6.07 Å². The Bertz CT molecular complexity index is 796. The molecule has 2 aromatic rings. The van der Waals surface area contributed by atoms with Crippen LogP contribution >= 0.6 is 0 Å². The molecule has 110 valence electrons. The number of hydrogen-bond acceptors (Lipinski definition) is 1. The summed E-state index contributed by atoms with van der Waals surface area (Å²) in [7, 11) is 0. The van der Waals surface area contributed by atoms with Crippen LogP contribution < -0.4 is 4.57 Å². The fourth-order valence-corrected chi connectivity index (χ4v) is 3.24. The lowest BCUT2D eigenvalue weighted by Crippen LogP contribution is -2.55. The number of fused-ring (bicyclic) bond motifs is 3. The first-order chi connectivity index (χ1) is 10.6. The topological polar surface area (TPSA) is 27.7 Å². The minimum Gasteiger partial charge on any atom is -0.206 e.